The lowest BCUT2D eigenvalue weighted by Gasteiger charge is -2.31. The van der Waals surface area contributed by atoms with Crippen LogP contribution in [0.4, 0.5) is 0 Å². The van der Waals surface area contributed by atoms with E-state index in [9.17, 15) is 0 Å². The van der Waals surface area contributed by atoms with Gasteiger partial charge in [0.2, 0.25) is 0 Å². The van der Waals surface area contributed by atoms with Crippen LogP contribution in [0.3, 0.4) is 0 Å². The Bertz CT molecular complexity index is 474. The number of aryl methyl sites for hydroxylation is 1. The minimum Gasteiger partial charge on any atom is -0.347 e. The third-order valence-electron chi connectivity index (χ3n) is 3.99. The summed E-state index contributed by atoms with van der Waals surface area (Å²) in [4.78, 5) is 4.47. The number of hydrogen-bond acceptors (Lipinski definition) is 4. The molecule has 3 nitrogen and oxygen atoms in total. The third kappa shape index (κ3) is 2.91. The maximum absolute atomic E-state index is 6.22. The first-order chi connectivity index (χ1) is 9.17. The van der Waals surface area contributed by atoms with Crippen molar-refractivity contribution in [2.75, 3.05) is 6.61 Å². The van der Waals surface area contributed by atoms with Gasteiger partial charge in [0.05, 0.1) is 17.3 Å². The molecule has 104 valence electrons. The molecule has 1 saturated carbocycles. The highest BCUT2D eigenvalue weighted by molar-refractivity contribution is 7.09. The molecule has 0 N–H and O–H groups in total. The van der Waals surface area contributed by atoms with E-state index < -0.39 is 0 Å². The molecule has 1 spiro atoms. The molecule has 1 atom stereocenters. The maximum Gasteiger partial charge on any atom is 0.169 e. The van der Waals surface area contributed by atoms with E-state index in [1.807, 2.05) is 6.92 Å². The standard InChI is InChI=1S/C15H21NO2S/c1-11(8-13-10-19-12(2)16-13)14-9-17-15(18-14)6-4-3-5-7-15/h8,10,14H,3-7,9H2,1-2H3/b11-8+/t14-/m1/s1. The summed E-state index contributed by atoms with van der Waals surface area (Å²) in [7, 11) is 0. The topological polar surface area (TPSA) is 31.4 Å². The van der Waals surface area contributed by atoms with Crippen molar-refractivity contribution in [3.8, 4) is 0 Å². The van der Waals surface area contributed by atoms with Crippen molar-refractivity contribution in [1.82, 2.24) is 4.98 Å². The molecule has 1 aliphatic carbocycles. The summed E-state index contributed by atoms with van der Waals surface area (Å²) in [6.07, 6.45) is 8.08. The van der Waals surface area contributed by atoms with Gasteiger partial charge in [-0.15, -0.1) is 11.3 Å². The van der Waals surface area contributed by atoms with E-state index in [1.54, 1.807) is 11.3 Å². The van der Waals surface area contributed by atoms with Crippen molar-refractivity contribution in [2.24, 2.45) is 0 Å². The molecular weight excluding hydrogens is 258 g/mol. The van der Waals surface area contributed by atoms with Crippen LogP contribution in [0.5, 0.6) is 0 Å². The summed E-state index contributed by atoms with van der Waals surface area (Å²) in [5, 5.41) is 3.19. The van der Waals surface area contributed by atoms with E-state index >= 15 is 0 Å². The van der Waals surface area contributed by atoms with Crippen LogP contribution in [-0.4, -0.2) is 23.5 Å². The first-order valence-electron chi connectivity index (χ1n) is 7.09. The predicted octanol–water partition coefficient (Wildman–Crippen LogP) is 3.93. The Balaban J connectivity index is 1.68. The molecule has 0 radical (unpaired) electrons. The van der Waals surface area contributed by atoms with Gasteiger partial charge in [0.25, 0.3) is 0 Å². The third-order valence-corrected chi connectivity index (χ3v) is 4.78. The summed E-state index contributed by atoms with van der Waals surface area (Å²) < 4.78 is 12.2. The number of thiazole rings is 1. The number of aromatic nitrogens is 1. The average molecular weight is 279 g/mol. The van der Waals surface area contributed by atoms with Crippen LogP contribution in [0, 0.1) is 6.92 Å². The SMILES string of the molecule is C/C(=C\c1csc(C)n1)[C@H]1COC2(CCCCC2)O1. The Morgan fingerprint density at radius 2 is 2.21 bits per heavy atom. The molecule has 0 amide bonds. The second-order valence-corrected chi connectivity index (χ2v) is 6.63. The molecule has 0 bridgehead atoms. The van der Waals surface area contributed by atoms with Crippen molar-refractivity contribution in [1.29, 1.82) is 0 Å². The molecule has 4 heteroatoms. The number of hydrogen-bond donors (Lipinski definition) is 0. The van der Waals surface area contributed by atoms with Gasteiger partial charge in [-0.1, -0.05) is 6.42 Å². The second-order valence-electron chi connectivity index (χ2n) is 5.57. The van der Waals surface area contributed by atoms with Gasteiger partial charge in [-0.25, -0.2) is 4.98 Å². The lowest BCUT2D eigenvalue weighted by Crippen LogP contribution is -2.33. The fourth-order valence-corrected chi connectivity index (χ4v) is 3.47. The molecule has 1 saturated heterocycles. The first kappa shape index (κ1) is 13.3. The van der Waals surface area contributed by atoms with Crippen LogP contribution < -0.4 is 0 Å². The molecule has 0 aromatic carbocycles. The zero-order chi connectivity index (χ0) is 13.3. The quantitative estimate of drug-likeness (QED) is 0.822. The Morgan fingerprint density at radius 1 is 1.42 bits per heavy atom. The lowest BCUT2D eigenvalue weighted by molar-refractivity contribution is -0.183. The highest BCUT2D eigenvalue weighted by Gasteiger charge is 2.42. The maximum atomic E-state index is 6.22. The smallest absolute Gasteiger partial charge is 0.169 e. The minimum absolute atomic E-state index is 0.0973. The summed E-state index contributed by atoms with van der Waals surface area (Å²) in [6.45, 7) is 4.83. The zero-order valence-corrected chi connectivity index (χ0v) is 12.5. The fourth-order valence-electron chi connectivity index (χ4n) is 2.90. The van der Waals surface area contributed by atoms with E-state index in [-0.39, 0.29) is 11.9 Å². The van der Waals surface area contributed by atoms with Gasteiger partial charge >= 0.3 is 0 Å². The molecule has 2 aliphatic rings. The van der Waals surface area contributed by atoms with Gasteiger partial charge in [0.15, 0.2) is 5.79 Å². The molecule has 1 aromatic heterocycles. The van der Waals surface area contributed by atoms with E-state index in [2.05, 4.69) is 23.4 Å². The highest BCUT2D eigenvalue weighted by Crippen LogP contribution is 2.39. The van der Waals surface area contributed by atoms with E-state index in [0.29, 0.717) is 6.61 Å². The van der Waals surface area contributed by atoms with Crippen molar-refractivity contribution in [3.05, 3.63) is 21.7 Å². The van der Waals surface area contributed by atoms with Gasteiger partial charge in [-0.05, 0) is 38.3 Å². The molecule has 3 rings (SSSR count). The largest absolute Gasteiger partial charge is 0.347 e. The minimum atomic E-state index is -0.282. The predicted molar refractivity (Wildman–Crippen MR) is 77.1 cm³/mol. The van der Waals surface area contributed by atoms with Gasteiger partial charge in [0.1, 0.15) is 6.10 Å². The van der Waals surface area contributed by atoms with Gasteiger partial charge in [-0.2, -0.15) is 0 Å². The van der Waals surface area contributed by atoms with Gasteiger partial charge < -0.3 is 9.47 Å². The molecule has 1 aromatic rings. The zero-order valence-electron chi connectivity index (χ0n) is 11.6. The van der Waals surface area contributed by atoms with Crippen LogP contribution in [0.15, 0.2) is 11.0 Å². The van der Waals surface area contributed by atoms with Crippen LogP contribution in [0.2, 0.25) is 0 Å². The van der Waals surface area contributed by atoms with Crippen LogP contribution in [-0.2, 0) is 9.47 Å². The van der Waals surface area contributed by atoms with Crippen molar-refractivity contribution in [2.45, 2.75) is 57.8 Å². The van der Waals surface area contributed by atoms with Crippen molar-refractivity contribution in [3.63, 3.8) is 0 Å². The molecular formula is C15H21NO2S. The summed E-state index contributed by atoms with van der Waals surface area (Å²) in [6, 6.07) is 0. The molecule has 19 heavy (non-hydrogen) atoms. The second kappa shape index (κ2) is 5.35. The van der Waals surface area contributed by atoms with Gasteiger partial charge in [-0.3, -0.25) is 0 Å². The number of nitrogens with zero attached hydrogens (tertiary/aromatic N) is 1. The van der Waals surface area contributed by atoms with Crippen molar-refractivity contribution < 1.29 is 9.47 Å². The molecule has 2 fully saturated rings. The summed E-state index contributed by atoms with van der Waals surface area (Å²) in [5.74, 6) is -0.282. The van der Waals surface area contributed by atoms with Crippen LogP contribution in [0.25, 0.3) is 6.08 Å². The van der Waals surface area contributed by atoms with Crippen LogP contribution in [0.1, 0.15) is 49.7 Å². The Hall–Kier alpha value is -0.710. The molecule has 2 heterocycles. The van der Waals surface area contributed by atoms with Gasteiger partial charge in [0, 0.05) is 18.2 Å². The number of ether oxygens (including phenoxy) is 2. The lowest BCUT2D eigenvalue weighted by atomic mass is 9.94. The monoisotopic (exact) mass is 279 g/mol. The normalized spacial score (nSPS) is 27.1. The average Bonchev–Trinajstić information content (AvgIpc) is 2.98. The molecule has 1 aliphatic heterocycles. The fraction of sp³-hybridized carbons (Fsp3) is 0.667. The van der Waals surface area contributed by atoms with Crippen molar-refractivity contribution >= 4 is 17.4 Å². The van der Waals surface area contributed by atoms with Crippen LogP contribution >= 0.6 is 11.3 Å². The Labute approximate surface area is 118 Å². The first-order valence-corrected chi connectivity index (χ1v) is 7.97. The van der Waals surface area contributed by atoms with E-state index in [1.165, 1.54) is 24.8 Å². The Kier molecular flexibility index (Phi) is 3.74. The van der Waals surface area contributed by atoms with E-state index in [0.717, 1.165) is 23.5 Å². The highest BCUT2D eigenvalue weighted by atomic mass is 32.1. The Morgan fingerprint density at radius 3 is 2.89 bits per heavy atom. The summed E-state index contributed by atoms with van der Waals surface area (Å²) in [5.41, 5.74) is 2.25. The molecule has 0 unspecified atom stereocenters. The number of rotatable bonds is 2. The van der Waals surface area contributed by atoms with E-state index in [4.69, 9.17) is 9.47 Å². The summed E-state index contributed by atoms with van der Waals surface area (Å²) >= 11 is 1.68.